The van der Waals surface area contributed by atoms with Gasteiger partial charge in [0.1, 0.15) is 11.4 Å². The molecule has 5 rings (SSSR count). The number of oxime groups is 1. The van der Waals surface area contributed by atoms with Gasteiger partial charge < -0.3 is 14.3 Å². The number of benzene rings is 1. The van der Waals surface area contributed by atoms with Gasteiger partial charge in [0.2, 0.25) is 0 Å². The summed E-state index contributed by atoms with van der Waals surface area (Å²) in [6.07, 6.45) is 1.70. The number of nitrogens with zero attached hydrogens (tertiary/aromatic N) is 4. The molecule has 1 saturated heterocycles. The van der Waals surface area contributed by atoms with Crippen molar-refractivity contribution >= 4 is 57.5 Å². The predicted molar refractivity (Wildman–Crippen MR) is 144 cm³/mol. The number of carbonyl (C=O) groups is 1. The lowest BCUT2D eigenvalue weighted by Gasteiger charge is -2.30. The van der Waals surface area contributed by atoms with Crippen LogP contribution in [0.4, 0.5) is 0 Å². The van der Waals surface area contributed by atoms with E-state index in [0.29, 0.717) is 40.5 Å². The van der Waals surface area contributed by atoms with Gasteiger partial charge in [0.05, 0.1) is 25.6 Å². The summed E-state index contributed by atoms with van der Waals surface area (Å²) >= 11 is 15.3. The first kappa shape index (κ1) is 25.0. The standard InChI is InChI=1S/C25H22Cl2N4O3S2/c1-15(23-3-2-10-35-23)29-33-13-24(32)31-8-6-16(7-9-31)25-28-21(14-36-25)22-12-20(30-34-22)17-4-5-18(26)19(27)11-17/h2-5,10-12,14,16H,6-9,13H2,1H3. The second-order valence-corrected chi connectivity index (χ2v) is 11.0. The molecule has 1 fully saturated rings. The molecule has 36 heavy (non-hydrogen) atoms. The van der Waals surface area contributed by atoms with Gasteiger partial charge in [0.25, 0.3) is 5.91 Å². The Kier molecular flexibility index (Phi) is 7.71. The lowest BCUT2D eigenvalue weighted by molar-refractivity contribution is -0.137. The van der Waals surface area contributed by atoms with Crippen LogP contribution in [0.15, 0.2) is 56.8 Å². The second-order valence-electron chi connectivity index (χ2n) is 8.36. The first-order valence-electron chi connectivity index (χ1n) is 11.3. The summed E-state index contributed by atoms with van der Waals surface area (Å²) in [5.41, 5.74) is 3.01. The summed E-state index contributed by atoms with van der Waals surface area (Å²) in [6.45, 7) is 3.15. The second kappa shape index (κ2) is 11.1. The van der Waals surface area contributed by atoms with E-state index < -0.39 is 0 Å². The van der Waals surface area contributed by atoms with Crippen LogP contribution < -0.4 is 0 Å². The molecule has 11 heteroatoms. The van der Waals surface area contributed by atoms with Crippen molar-refractivity contribution in [2.24, 2.45) is 5.16 Å². The van der Waals surface area contributed by atoms with Gasteiger partial charge in [0.15, 0.2) is 12.4 Å². The molecule has 0 unspecified atom stereocenters. The third kappa shape index (κ3) is 5.64. The first-order chi connectivity index (χ1) is 17.5. The summed E-state index contributed by atoms with van der Waals surface area (Å²) in [5, 5.41) is 14.2. The van der Waals surface area contributed by atoms with Crippen LogP contribution in [0.5, 0.6) is 0 Å². The molecule has 0 spiro atoms. The maximum absolute atomic E-state index is 12.5. The van der Waals surface area contributed by atoms with Crippen LogP contribution >= 0.6 is 45.9 Å². The van der Waals surface area contributed by atoms with E-state index in [1.54, 1.807) is 34.8 Å². The Balaban J connectivity index is 1.15. The van der Waals surface area contributed by atoms with Crippen LogP contribution in [-0.2, 0) is 9.63 Å². The zero-order chi connectivity index (χ0) is 25.1. The minimum atomic E-state index is -0.0541. The Morgan fingerprint density at radius 2 is 2.00 bits per heavy atom. The quantitative estimate of drug-likeness (QED) is 0.180. The summed E-state index contributed by atoms with van der Waals surface area (Å²) < 4.78 is 5.54. The van der Waals surface area contributed by atoms with Crippen molar-refractivity contribution < 1.29 is 14.2 Å². The zero-order valence-electron chi connectivity index (χ0n) is 19.3. The van der Waals surface area contributed by atoms with Crippen LogP contribution in [0.2, 0.25) is 10.0 Å². The van der Waals surface area contributed by atoms with Crippen LogP contribution in [0.3, 0.4) is 0 Å². The van der Waals surface area contributed by atoms with Crippen molar-refractivity contribution in [3.63, 3.8) is 0 Å². The van der Waals surface area contributed by atoms with Gasteiger partial charge in [-0.15, -0.1) is 22.7 Å². The van der Waals surface area contributed by atoms with E-state index in [1.165, 1.54) is 0 Å². The predicted octanol–water partition coefficient (Wildman–Crippen LogP) is 6.98. The zero-order valence-corrected chi connectivity index (χ0v) is 22.5. The number of piperidine rings is 1. The molecule has 7 nitrogen and oxygen atoms in total. The van der Waals surface area contributed by atoms with Crippen LogP contribution in [0, 0.1) is 0 Å². The lowest BCUT2D eigenvalue weighted by Crippen LogP contribution is -2.39. The molecule has 4 aromatic rings. The van der Waals surface area contributed by atoms with Crippen molar-refractivity contribution in [1.29, 1.82) is 0 Å². The van der Waals surface area contributed by atoms with E-state index in [0.717, 1.165) is 39.7 Å². The van der Waals surface area contributed by atoms with E-state index in [-0.39, 0.29) is 12.5 Å². The highest BCUT2D eigenvalue weighted by Crippen LogP contribution is 2.35. The van der Waals surface area contributed by atoms with Gasteiger partial charge >= 0.3 is 0 Å². The summed E-state index contributed by atoms with van der Waals surface area (Å²) in [7, 11) is 0. The summed E-state index contributed by atoms with van der Waals surface area (Å²) in [4.78, 5) is 25.5. The van der Waals surface area contributed by atoms with Gasteiger partial charge in [-0.2, -0.15) is 0 Å². The molecule has 0 atom stereocenters. The summed E-state index contributed by atoms with van der Waals surface area (Å²) in [6, 6.07) is 11.1. The molecule has 3 aromatic heterocycles. The number of amides is 1. The van der Waals surface area contributed by atoms with Gasteiger partial charge in [-0.3, -0.25) is 4.79 Å². The minimum Gasteiger partial charge on any atom is -0.385 e. The van der Waals surface area contributed by atoms with Crippen molar-refractivity contribution in [2.45, 2.75) is 25.7 Å². The third-order valence-electron chi connectivity index (χ3n) is 5.96. The molecule has 0 bridgehead atoms. The lowest BCUT2D eigenvalue weighted by atomic mass is 9.97. The van der Waals surface area contributed by atoms with Gasteiger partial charge in [-0.05, 0) is 43.3 Å². The Morgan fingerprint density at radius 3 is 2.75 bits per heavy atom. The number of hydrogen-bond acceptors (Lipinski definition) is 8. The van der Waals surface area contributed by atoms with Crippen molar-refractivity contribution in [1.82, 2.24) is 15.0 Å². The van der Waals surface area contributed by atoms with Crippen molar-refractivity contribution in [3.05, 3.63) is 67.1 Å². The molecule has 0 aliphatic carbocycles. The normalized spacial score (nSPS) is 14.9. The van der Waals surface area contributed by atoms with E-state index in [9.17, 15) is 4.79 Å². The van der Waals surface area contributed by atoms with Crippen molar-refractivity contribution in [3.8, 4) is 22.7 Å². The maximum Gasteiger partial charge on any atom is 0.263 e. The number of halogens is 2. The molecule has 1 aliphatic rings. The number of likely N-dealkylation sites (tertiary alicyclic amines) is 1. The Labute approximate surface area is 226 Å². The first-order valence-corrected chi connectivity index (χ1v) is 13.9. The van der Waals surface area contributed by atoms with E-state index >= 15 is 0 Å². The van der Waals surface area contributed by atoms with Crippen molar-refractivity contribution in [2.75, 3.05) is 19.7 Å². The number of carbonyl (C=O) groups excluding carboxylic acids is 1. The molecular formula is C25H22Cl2N4O3S2. The summed E-state index contributed by atoms with van der Waals surface area (Å²) in [5.74, 6) is 0.847. The smallest absolute Gasteiger partial charge is 0.263 e. The third-order valence-corrected chi connectivity index (χ3v) is 8.69. The van der Waals surface area contributed by atoms with Crippen LogP contribution in [0.25, 0.3) is 22.7 Å². The fourth-order valence-electron chi connectivity index (χ4n) is 3.96. The average molecular weight is 562 g/mol. The highest BCUT2D eigenvalue weighted by Gasteiger charge is 2.26. The molecule has 0 radical (unpaired) electrons. The molecule has 0 N–H and O–H groups in total. The Morgan fingerprint density at radius 1 is 1.17 bits per heavy atom. The Bertz CT molecular complexity index is 1380. The van der Waals surface area contributed by atoms with Crippen LogP contribution in [0.1, 0.15) is 35.6 Å². The molecule has 186 valence electrons. The number of thiophene rings is 1. The monoisotopic (exact) mass is 560 g/mol. The molecule has 4 heterocycles. The van der Waals surface area contributed by atoms with Gasteiger partial charge in [0, 0.05) is 36.0 Å². The van der Waals surface area contributed by atoms with E-state index in [2.05, 4.69) is 10.3 Å². The largest absolute Gasteiger partial charge is 0.385 e. The average Bonchev–Trinajstić information content (AvgIpc) is 3.67. The molecular weight excluding hydrogens is 539 g/mol. The SMILES string of the molecule is CC(=NOCC(=O)N1CCC(c2nc(-c3cc(-c4ccc(Cl)c(Cl)c4)no3)cs2)CC1)c1cccs1. The minimum absolute atomic E-state index is 0.0486. The topological polar surface area (TPSA) is 80.8 Å². The number of thiazole rings is 1. The van der Waals surface area contributed by atoms with Gasteiger partial charge in [-0.1, -0.05) is 45.6 Å². The van der Waals surface area contributed by atoms with Crippen LogP contribution in [-0.4, -0.2) is 46.4 Å². The molecule has 1 aliphatic heterocycles. The highest BCUT2D eigenvalue weighted by atomic mass is 35.5. The maximum atomic E-state index is 12.5. The van der Waals surface area contributed by atoms with Gasteiger partial charge in [-0.25, -0.2) is 4.98 Å². The fraction of sp³-hybridized carbons (Fsp3) is 0.280. The molecule has 0 saturated carbocycles. The van der Waals surface area contributed by atoms with E-state index in [4.69, 9.17) is 37.5 Å². The van der Waals surface area contributed by atoms with E-state index in [1.807, 2.05) is 46.8 Å². The number of hydrogen-bond donors (Lipinski definition) is 0. The molecule has 1 amide bonds. The number of rotatable bonds is 7. The highest BCUT2D eigenvalue weighted by molar-refractivity contribution is 7.12. The number of aromatic nitrogens is 2. The fourth-order valence-corrected chi connectivity index (χ4v) is 5.90. The Hall–Kier alpha value is -2.72. The molecule has 1 aromatic carbocycles.